The molecule has 5 heteroatoms. The Morgan fingerprint density at radius 3 is 2.43 bits per heavy atom. The Morgan fingerprint density at radius 1 is 1.22 bits per heavy atom. The van der Waals surface area contributed by atoms with Gasteiger partial charge in [0.2, 0.25) is 0 Å². The fourth-order valence-corrected chi connectivity index (χ4v) is 2.94. The summed E-state index contributed by atoms with van der Waals surface area (Å²) in [5, 5.41) is 9.38. The molecular formula is C18H25NO4. The van der Waals surface area contributed by atoms with Crippen molar-refractivity contribution in [3.63, 3.8) is 0 Å². The van der Waals surface area contributed by atoms with Crippen LogP contribution in [-0.2, 0) is 16.1 Å². The number of piperidine rings is 1. The van der Waals surface area contributed by atoms with Gasteiger partial charge < -0.3 is 9.84 Å². The first-order valence-electron chi connectivity index (χ1n) is 7.99. The fraction of sp³-hybridized carbons (Fsp3) is 0.556. The molecule has 1 saturated heterocycles. The number of hydrogen-bond acceptors (Lipinski definition) is 3. The molecule has 0 unspecified atom stereocenters. The van der Waals surface area contributed by atoms with Gasteiger partial charge in [-0.25, -0.2) is 9.59 Å². The van der Waals surface area contributed by atoms with E-state index in [1.165, 1.54) is 4.90 Å². The van der Waals surface area contributed by atoms with Crippen molar-refractivity contribution >= 4 is 12.1 Å². The van der Waals surface area contributed by atoms with Crippen molar-refractivity contribution in [1.82, 2.24) is 4.90 Å². The topological polar surface area (TPSA) is 66.8 Å². The van der Waals surface area contributed by atoms with E-state index in [2.05, 4.69) is 20.8 Å². The molecular weight excluding hydrogens is 294 g/mol. The van der Waals surface area contributed by atoms with Crippen LogP contribution in [-0.4, -0.2) is 34.7 Å². The number of ether oxygens (including phenoxy) is 1. The number of carboxylic acids is 1. The third kappa shape index (κ3) is 4.47. The maximum absolute atomic E-state index is 12.4. The van der Waals surface area contributed by atoms with Crippen LogP contribution < -0.4 is 0 Å². The number of carbonyl (C=O) groups is 2. The highest BCUT2D eigenvalue weighted by Gasteiger charge is 2.40. The molecule has 5 nitrogen and oxygen atoms in total. The third-order valence-corrected chi connectivity index (χ3v) is 4.53. The van der Waals surface area contributed by atoms with Gasteiger partial charge in [0.1, 0.15) is 12.6 Å². The Bertz CT molecular complexity index is 550. The highest BCUT2D eigenvalue weighted by molar-refractivity contribution is 5.80. The zero-order valence-electron chi connectivity index (χ0n) is 14.0. The molecule has 1 aromatic rings. The number of benzene rings is 1. The summed E-state index contributed by atoms with van der Waals surface area (Å²) in [6.45, 7) is 6.93. The van der Waals surface area contributed by atoms with Gasteiger partial charge in [0.25, 0.3) is 0 Å². The monoisotopic (exact) mass is 319 g/mol. The van der Waals surface area contributed by atoms with Crippen LogP contribution in [0.25, 0.3) is 0 Å². The number of nitrogens with zero attached hydrogens (tertiary/aromatic N) is 1. The largest absolute Gasteiger partial charge is 0.480 e. The van der Waals surface area contributed by atoms with Crippen LogP contribution in [0.1, 0.15) is 39.2 Å². The molecule has 0 saturated carbocycles. The molecule has 1 heterocycles. The third-order valence-electron chi connectivity index (χ3n) is 4.53. The van der Waals surface area contributed by atoms with E-state index in [-0.39, 0.29) is 17.9 Å². The minimum atomic E-state index is -0.964. The van der Waals surface area contributed by atoms with Gasteiger partial charge in [-0.3, -0.25) is 4.90 Å². The number of carbonyl (C=O) groups excluding carboxylic acids is 1. The van der Waals surface area contributed by atoms with E-state index < -0.39 is 18.1 Å². The highest BCUT2D eigenvalue weighted by atomic mass is 16.6. The van der Waals surface area contributed by atoms with Crippen LogP contribution in [0.3, 0.4) is 0 Å². The SMILES string of the molecule is CC(C)(C)[C@H]1CC[C@H](C(=O)O)N(C(=O)OCc2ccccc2)C1. The fourth-order valence-electron chi connectivity index (χ4n) is 2.94. The first-order chi connectivity index (χ1) is 10.8. The predicted molar refractivity (Wildman–Crippen MR) is 86.9 cm³/mol. The number of likely N-dealkylation sites (tertiary alicyclic amines) is 1. The molecule has 1 fully saturated rings. The lowest BCUT2D eigenvalue weighted by Crippen LogP contribution is -2.52. The van der Waals surface area contributed by atoms with Crippen molar-refractivity contribution in [3.05, 3.63) is 35.9 Å². The average molecular weight is 319 g/mol. The standard InChI is InChI=1S/C18H25NO4/c1-18(2,3)14-9-10-15(16(20)21)19(11-14)17(22)23-12-13-7-5-4-6-8-13/h4-8,14-15H,9-12H2,1-3H3,(H,20,21)/t14-,15+/m0/s1. The molecule has 0 radical (unpaired) electrons. The molecule has 2 rings (SSSR count). The summed E-state index contributed by atoms with van der Waals surface area (Å²) in [7, 11) is 0. The predicted octanol–water partition coefficient (Wildman–Crippen LogP) is 3.53. The van der Waals surface area contributed by atoms with Gasteiger partial charge in [0.15, 0.2) is 0 Å². The summed E-state index contributed by atoms with van der Waals surface area (Å²) in [6.07, 6.45) is 0.732. The summed E-state index contributed by atoms with van der Waals surface area (Å²) in [5.74, 6) is -0.698. The Labute approximate surface area is 137 Å². The molecule has 0 spiro atoms. The zero-order valence-corrected chi connectivity index (χ0v) is 14.0. The van der Waals surface area contributed by atoms with E-state index in [1.807, 2.05) is 30.3 Å². The van der Waals surface area contributed by atoms with Gasteiger partial charge in [-0.15, -0.1) is 0 Å². The second-order valence-electron chi connectivity index (χ2n) is 7.19. The number of rotatable bonds is 3. The molecule has 23 heavy (non-hydrogen) atoms. The van der Waals surface area contributed by atoms with E-state index in [1.54, 1.807) is 0 Å². The van der Waals surface area contributed by atoms with Crippen LogP contribution in [0.15, 0.2) is 30.3 Å². The summed E-state index contributed by atoms with van der Waals surface area (Å²) in [4.78, 5) is 25.2. The molecule has 0 bridgehead atoms. The highest BCUT2D eigenvalue weighted by Crippen LogP contribution is 2.35. The van der Waals surface area contributed by atoms with E-state index in [4.69, 9.17) is 4.74 Å². The number of aliphatic carboxylic acids is 1. The Morgan fingerprint density at radius 2 is 1.87 bits per heavy atom. The normalized spacial score (nSPS) is 21.8. The Balaban J connectivity index is 2.05. The molecule has 0 aliphatic carbocycles. The summed E-state index contributed by atoms with van der Waals surface area (Å²) in [5.41, 5.74) is 0.915. The minimum Gasteiger partial charge on any atom is -0.480 e. The smallest absolute Gasteiger partial charge is 0.410 e. The van der Waals surface area contributed by atoms with Crippen molar-refractivity contribution in [3.8, 4) is 0 Å². The second-order valence-corrected chi connectivity index (χ2v) is 7.19. The van der Waals surface area contributed by atoms with Gasteiger partial charge in [0.05, 0.1) is 0 Å². The van der Waals surface area contributed by atoms with Crippen LogP contribution in [0.4, 0.5) is 4.79 Å². The van der Waals surface area contributed by atoms with Gasteiger partial charge in [0, 0.05) is 6.54 Å². The number of amides is 1. The maximum atomic E-state index is 12.4. The maximum Gasteiger partial charge on any atom is 0.410 e. The minimum absolute atomic E-state index is 0.0292. The number of carboxylic acid groups (broad SMARTS) is 1. The van der Waals surface area contributed by atoms with Crippen molar-refractivity contribution in [2.24, 2.45) is 11.3 Å². The van der Waals surface area contributed by atoms with E-state index in [0.717, 1.165) is 12.0 Å². The summed E-state index contributed by atoms with van der Waals surface area (Å²) < 4.78 is 5.33. The molecule has 0 aromatic heterocycles. The summed E-state index contributed by atoms with van der Waals surface area (Å²) >= 11 is 0. The lowest BCUT2D eigenvalue weighted by molar-refractivity contribution is -0.145. The molecule has 1 aliphatic heterocycles. The van der Waals surface area contributed by atoms with Crippen LogP contribution >= 0.6 is 0 Å². The number of hydrogen-bond donors (Lipinski definition) is 1. The van der Waals surface area contributed by atoms with E-state index in [0.29, 0.717) is 13.0 Å². The van der Waals surface area contributed by atoms with E-state index in [9.17, 15) is 14.7 Å². The molecule has 1 N–H and O–H groups in total. The van der Waals surface area contributed by atoms with Crippen molar-refractivity contribution in [1.29, 1.82) is 0 Å². The van der Waals surface area contributed by atoms with Crippen molar-refractivity contribution in [2.45, 2.75) is 46.3 Å². The molecule has 1 aliphatic rings. The first kappa shape index (κ1) is 17.3. The first-order valence-corrected chi connectivity index (χ1v) is 7.99. The van der Waals surface area contributed by atoms with Gasteiger partial charge in [-0.05, 0) is 29.7 Å². The van der Waals surface area contributed by atoms with Crippen molar-refractivity contribution in [2.75, 3.05) is 6.54 Å². The molecule has 1 aromatic carbocycles. The van der Waals surface area contributed by atoms with E-state index >= 15 is 0 Å². The van der Waals surface area contributed by atoms with Gasteiger partial charge in [-0.2, -0.15) is 0 Å². The quantitative estimate of drug-likeness (QED) is 0.925. The van der Waals surface area contributed by atoms with Crippen LogP contribution in [0.2, 0.25) is 0 Å². The molecule has 126 valence electrons. The molecule has 2 atom stereocenters. The molecule has 1 amide bonds. The van der Waals surface area contributed by atoms with Crippen molar-refractivity contribution < 1.29 is 19.4 Å². The zero-order chi connectivity index (χ0) is 17.0. The lowest BCUT2D eigenvalue weighted by Gasteiger charge is -2.42. The van der Waals surface area contributed by atoms with Gasteiger partial charge in [-0.1, -0.05) is 51.1 Å². The Hall–Kier alpha value is -2.04. The lowest BCUT2D eigenvalue weighted by atomic mass is 9.75. The van der Waals surface area contributed by atoms with Crippen LogP contribution in [0.5, 0.6) is 0 Å². The summed E-state index contributed by atoms with van der Waals surface area (Å²) in [6, 6.07) is 8.59. The Kier molecular flexibility index (Phi) is 5.29. The van der Waals surface area contributed by atoms with Gasteiger partial charge >= 0.3 is 12.1 Å². The van der Waals surface area contributed by atoms with Crippen LogP contribution in [0, 0.1) is 11.3 Å². The average Bonchev–Trinajstić information content (AvgIpc) is 2.52. The second kappa shape index (κ2) is 7.02.